The second-order valence-electron chi connectivity index (χ2n) is 3.88. The predicted octanol–water partition coefficient (Wildman–Crippen LogP) is 2.66. The molecule has 5 heteroatoms. The highest BCUT2D eigenvalue weighted by molar-refractivity contribution is 9.10. The van der Waals surface area contributed by atoms with E-state index in [4.69, 9.17) is 10.5 Å². The fourth-order valence-electron chi connectivity index (χ4n) is 1.96. The zero-order valence-corrected chi connectivity index (χ0v) is 12.1. The Labute approximate surface area is 115 Å². The van der Waals surface area contributed by atoms with Crippen LogP contribution in [0.15, 0.2) is 28.7 Å². The molecule has 4 nitrogen and oxygen atoms in total. The van der Waals surface area contributed by atoms with Crippen LogP contribution in [0.5, 0.6) is 5.88 Å². The summed E-state index contributed by atoms with van der Waals surface area (Å²) in [5.74, 6) is 0.715. The molecular formula is C13H16BrN3O. The Morgan fingerprint density at radius 1 is 1.44 bits per heavy atom. The van der Waals surface area contributed by atoms with Crippen LogP contribution >= 0.6 is 15.9 Å². The van der Waals surface area contributed by atoms with Crippen molar-refractivity contribution in [1.29, 1.82) is 0 Å². The summed E-state index contributed by atoms with van der Waals surface area (Å²) in [5, 5.41) is 4.57. The maximum Gasteiger partial charge on any atom is 0.221 e. The lowest BCUT2D eigenvalue weighted by Crippen LogP contribution is -2.03. The van der Waals surface area contributed by atoms with Crippen molar-refractivity contribution in [3.05, 3.63) is 40.0 Å². The maximum atomic E-state index is 5.78. The number of methoxy groups -OCH3 is 1. The van der Waals surface area contributed by atoms with Gasteiger partial charge in [0, 0.05) is 11.0 Å². The number of aromatic nitrogens is 2. The number of halogens is 1. The number of benzene rings is 1. The van der Waals surface area contributed by atoms with Gasteiger partial charge in [-0.05, 0) is 24.6 Å². The fourth-order valence-corrected chi connectivity index (χ4v) is 2.35. The van der Waals surface area contributed by atoms with E-state index in [0.29, 0.717) is 12.4 Å². The number of hydrogen-bond donors (Lipinski definition) is 1. The van der Waals surface area contributed by atoms with Gasteiger partial charge in [-0.2, -0.15) is 5.10 Å². The van der Waals surface area contributed by atoms with Gasteiger partial charge in [-0.25, -0.2) is 4.68 Å². The van der Waals surface area contributed by atoms with E-state index in [0.717, 1.165) is 27.8 Å². The van der Waals surface area contributed by atoms with Gasteiger partial charge in [0.1, 0.15) is 0 Å². The molecule has 0 unspecified atom stereocenters. The van der Waals surface area contributed by atoms with Gasteiger partial charge in [0.25, 0.3) is 0 Å². The second kappa shape index (κ2) is 5.54. The van der Waals surface area contributed by atoms with Crippen LogP contribution in [0, 0.1) is 0 Å². The Kier molecular flexibility index (Phi) is 4.04. The van der Waals surface area contributed by atoms with Crippen molar-refractivity contribution in [2.45, 2.75) is 19.9 Å². The van der Waals surface area contributed by atoms with Crippen molar-refractivity contribution >= 4 is 15.9 Å². The van der Waals surface area contributed by atoms with E-state index in [1.165, 1.54) is 0 Å². The fraction of sp³-hybridized carbons (Fsp3) is 0.308. The van der Waals surface area contributed by atoms with Crippen molar-refractivity contribution in [3.63, 3.8) is 0 Å². The zero-order valence-electron chi connectivity index (χ0n) is 10.5. The van der Waals surface area contributed by atoms with Crippen LogP contribution in [0.4, 0.5) is 0 Å². The summed E-state index contributed by atoms with van der Waals surface area (Å²) in [6, 6.07) is 7.92. The first-order valence-corrected chi connectivity index (χ1v) is 6.61. The van der Waals surface area contributed by atoms with E-state index in [2.05, 4.69) is 28.0 Å². The van der Waals surface area contributed by atoms with Gasteiger partial charge < -0.3 is 10.5 Å². The van der Waals surface area contributed by atoms with Crippen LogP contribution in [0.1, 0.15) is 18.2 Å². The molecule has 0 radical (unpaired) electrons. The Morgan fingerprint density at radius 2 is 2.22 bits per heavy atom. The first-order chi connectivity index (χ1) is 8.71. The Hall–Kier alpha value is -1.33. The van der Waals surface area contributed by atoms with Gasteiger partial charge in [-0.15, -0.1) is 0 Å². The number of rotatable bonds is 4. The molecule has 2 rings (SSSR count). The molecule has 0 atom stereocenters. The molecule has 1 aromatic heterocycles. The van der Waals surface area contributed by atoms with Gasteiger partial charge in [0.2, 0.25) is 5.88 Å². The average molecular weight is 310 g/mol. The molecule has 1 heterocycles. The smallest absolute Gasteiger partial charge is 0.221 e. The molecular weight excluding hydrogens is 294 g/mol. The number of aryl methyl sites for hydroxylation is 1. The normalized spacial score (nSPS) is 10.7. The van der Waals surface area contributed by atoms with Crippen LogP contribution in [-0.2, 0) is 13.0 Å². The Morgan fingerprint density at radius 3 is 2.78 bits per heavy atom. The summed E-state index contributed by atoms with van der Waals surface area (Å²) in [4.78, 5) is 0. The van der Waals surface area contributed by atoms with Gasteiger partial charge >= 0.3 is 0 Å². The third-order valence-corrected chi connectivity index (χ3v) is 3.30. The van der Waals surface area contributed by atoms with Gasteiger partial charge in [0.15, 0.2) is 0 Å². The number of nitrogens with two attached hydrogens (primary N) is 1. The van der Waals surface area contributed by atoms with Crippen LogP contribution < -0.4 is 10.5 Å². The molecule has 1 aromatic carbocycles. The summed E-state index contributed by atoms with van der Waals surface area (Å²) in [5.41, 5.74) is 8.69. The molecule has 0 spiro atoms. The van der Waals surface area contributed by atoms with Gasteiger partial charge in [0.05, 0.1) is 24.1 Å². The Bertz CT molecular complexity index is 551. The largest absolute Gasteiger partial charge is 0.481 e. The monoisotopic (exact) mass is 309 g/mol. The molecule has 0 fully saturated rings. The SMILES string of the molecule is CCc1nn(-c2cccc(Br)c2)c(OC)c1CN. The van der Waals surface area contributed by atoms with E-state index in [1.54, 1.807) is 11.8 Å². The van der Waals surface area contributed by atoms with Crippen LogP contribution in [-0.4, -0.2) is 16.9 Å². The molecule has 18 heavy (non-hydrogen) atoms. The highest BCUT2D eigenvalue weighted by atomic mass is 79.9. The molecule has 2 N–H and O–H groups in total. The lowest BCUT2D eigenvalue weighted by molar-refractivity contribution is 0.379. The van der Waals surface area contributed by atoms with Crippen molar-refractivity contribution in [1.82, 2.24) is 9.78 Å². The lowest BCUT2D eigenvalue weighted by Gasteiger charge is -2.07. The minimum atomic E-state index is 0.431. The number of hydrogen-bond acceptors (Lipinski definition) is 3. The first-order valence-electron chi connectivity index (χ1n) is 5.82. The topological polar surface area (TPSA) is 53.1 Å². The molecule has 0 saturated carbocycles. The molecule has 0 aliphatic heterocycles. The van der Waals surface area contributed by atoms with Crippen molar-refractivity contribution < 1.29 is 4.74 Å². The van der Waals surface area contributed by atoms with Crippen molar-refractivity contribution in [2.75, 3.05) is 7.11 Å². The van der Waals surface area contributed by atoms with Gasteiger partial charge in [-0.1, -0.05) is 28.9 Å². The third kappa shape index (κ3) is 2.28. The molecule has 96 valence electrons. The molecule has 0 aliphatic carbocycles. The molecule has 0 aliphatic rings. The summed E-state index contributed by atoms with van der Waals surface area (Å²) in [7, 11) is 1.64. The summed E-state index contributed by atoms with van der Waals surface area (Å²) in [6.45, 7) is 2.49. The number of nitrogens with zero attached hydrogens (tertiary/aromatic N) is 2. The van der Waals surface area contributed by atoms with Crippen molar-refractivity contribution in [3.8, 4) is 11.6 Å². The van der Waals surface area contributed by atoms with Crippen LogP contribution in [0.3, 0.4) is 0 Å². The average Bonchev–Trinajstić information content (AvgIpc) is 2.76. The number of ether oxygens (including phenoxy) is 1. The summed E-state index contributed by atoms with van der Waals surface area (Å²) in [6.07, 6.45) is 0.837. The van der Waals surface area contributed by atoms with Crippen LogP contribution in [0.2, 0.25) is 0 Å². The van der Waals surface area contributed by atoms with Gasteiger partial charge in [-0.3, -0.25) is 0 Å². The third-order valence-electron chi connectivity index (χ3n) is 2.80. The lowest BCUT2D eigenvalue weighted by atomic mass is 10.2. The Balaban J connectivity index is 2.60. The quantitative estimate of drug-likeness (QED) is 0.944. The van der Waals surface area contributed by atoms with E-state index in [-0.39, 0.29) is 0 Å². The highest BCUT2D eigenvalue weighted by Crippen LogP contribution is 2.27. The van der Waals surface area contributed by atoms with Crippen LogP contribution in [0.25, 0.3) is 5.69 Å². The van der Waals surface area contributed by atoms with E-state index < -0.39 is 0 Å². The minimum Gasteiger partial charge on any atom is -0.481 e. The van der Waals surface area contributed by atoms with E-state index in [9.17, 15) is 0 Å². The molecule has 0 saturated heterocycles. The summed E-state index contributed by atoms with van der Waals surface area (Å²) >= 11 is 3.46. The minimum absolute atomic E-state index is 0.431. The first kappa shape index (κ1) is 13.1. The molecule has 2 aromatic rings. The maximum absolute atomic E-state index is 5.78. The molecule has 0 amide bonds. The predicted molar refractivity (Wildman–Crippen MR) is 75.1 cm³/mol. The zero-order chi connectivity index (χ0) is 13.1. The molecule has 0 bridgehead atoms. The second-order valence-corrected chi connectivity index (χ2v) is 4.80. The van der Waals surface area contributed by atoms with E-state index >= 15 is 0 Å². The van der Waals surface area contributed by atoms with Crippen molar-refractivity contribution in [2.24, 2.45) is 5.73 Å². The summed E-state index contributed by atoms with van der Waals surface area (Å²) < 4.78 is 8.25. The van der Waals surface area contributed by atoms with E-state index in [1.807, 2.05) is 24.3 Å². The standard InChI is InChI=1S/C13H16BrN3O/c1-3-12-11(8-15)13(18-2)17(16-12)10-6-4-5-9(14)7-10/h4-7H,3,8,15H2,1-2H3. The highest BCUT2D eigenvalue weighted by Gasteiger charge is 2.17.